The molecule has 2 heteroatoms. The highest BCUT2D eigenvalue weighted by Gasteiger charge is 1.90. The lowest BCUT2D eigenvalue weighted by atomic mass is 10.3. The predicted molar refractivity (Wildman–Crippen MR) is 29.2 cm³/mol. The summed E-state index contributed by atoms with van der Waals surface area (Å²) in [6, 6.07) is 5.87. The second-order valence-corrected chi connectivity index (χ2v) is 1.48. The van der Waals surface area contributed by atoms with Crippen LogP contribution in [0.3, 0.4) is 0 Å². The van der Waals surface area contributed by atoms with Crippen LogP contribution in [0.4, 0.5) is 10.1 Å². The predicted octanol–water partition coefficient (Wildman–Crippen LogP) is 1.74. The molecule has 1 nitrogen and oxygen atoms in total. The topological polar surface area (TPSA) is 23.8 Å². The van der Waals surface area contributed by atoms with Crippen molar-refractivity contribution in [1.29, 1.82) is 0 Å². The Bertz CT molecular complexity index is 165. The maximum absolute atomic E-state index is 12.1. The lowest BCUT2D eigenvalue weighted by Gasteiger charge is -1.88. The minimum Gasteiger partial charge on any atom is -0.298 e. The van der Waals surface area contributed by atoms with Crippen molar-refractivity contribution in [2.45, 2.75) is 0 Å². The molecule has 0 aliphatic heterocycles. The normalized spacial score (nSPS) is 9.12. The van der Waals surface area contributed by atoms with Crippen molar-refractivity contribution in [3.63, 3.8) is 0 Å². The van der Waals surface area contributed by atoms with Gasteiger partial charge in [0.1, 0.15) is 5.82 Å². The molecular weight excluding hydrogens is 105 g/mol. The fourth-order valence-corrected chi connectivity index (χ4v) is 0.461. The molecule has 1 radical (unpaired) electrons. The molecule has 0 unspecified atom stereocenters. The zero-order valence-electron chi connectivity index (χ0n) is 4.19. The minimum absolute atomic E-state index is 0.0486. The van der Waals surface area contributed by atoms with Crippen molar-refractivity contribution in [2.24, 2.45) is 0 Å². The van der Waals surface area contributed by atoms with Gasteiger partial charge >= 0.3 is 0 Å². The van der Waals surface area contributed by atoms with Crippen LogP contribution in [-0.4, -0.2) is 0 Å². The first-order valence-corrected chi connectivity index (χ1v) is 2.27. The van der Waals surface area contributed by atoms with Crippen LogP contribution in [0.1, 0.15) is 0 Å². The Labute approximate surface area is 46.9 Å². The van der Waals surface area contributed by atoms with Crippen molar-refractivity contribution in [3.8, 4) is 0 Å². The molecular formula is C6H5FN. The van der Waals surface area contributed by atoms with Gasteiger partial charge in [-0.25, -0.2) is 4.39 Å². The third-order valence-corrected chi connectivity index (χ3v) is 0.874. The standard InChI is InChI=1S/C6H5FN/c7-5-3-1-2-4-6(5)8/h1-4,8H. The summed E-state index contributed by atoms with van der Waals surface area (Å²) in [5, 5.41) is 0. The number of hydrogen-bond acceptors (Lipinski definition) is 0. The van der Waals surface area contributed by atoms with Crippen LogP contribution in [-0.2, 0) is 0 Å². The summed E-state index contributed by atoms with van der Waals surface area (Å²) >= 11 is 0. The zero-order valence-corrected chi connectivity index (χ0v) is 4.19. The molecule has 0 saturated carbocycles. The summed E-state index contributed by atoms with van der Waals surface area (Å²) < 4.78 is 12.1. The maximum atomic E-state index is 12.1. The van der Waals surface area contributed by atoms with Crippen LogP contribution in [0.15, 0.2) is 24.3 Å². The molecule has 1 N–H and O–H groups in total. The van der Waals surface area contributed by atoms with Gasteiger partial charge in [0, 0.05) is 0 Å². The SMILES string of the molecule is [NH]c1ccccc1F. The second-order valence-electron chi connectivity index (χ2n) is 1.48. The zero-order chi connectivity index (χ0) is 5.98. The van der Waals surface area contributed by atoms with Gasteiger partial charge in [-0.1, -0.05) is 12.1 Å². The number of hydrogen-bond donors (Lipinski definition) is 0. The van der Waals surface area contributed by atoms with Crippen LogP contribution >= 0.6 is 0 Å². The fourth-order valence-electron chi connectivity index (χ4n) is 0.461. The van der Waals surface area contributed by atoms with Crippen molar-refractivity contribution >= 4 is 5.69 Å². The Kier molecular flexibility index (Phi) is 1.16. The number of nitrogens with one attached hydrogen (secondary N) is 1. The van der Waals surface area contributed by atoms with Gasteiger partial charge in [0.25, 0.3) is 0 Å². The minimum atomic E-state index is -0.465. The van der Waals surface area contributed by atoms with E-state index in [1.165, 1.54) is 12.1 Å². The third kappa shape index (κ3) is 0.780. The van der Waals surface area contributed by atoms with Crippen molar-refractivity contribution in [1.82, 2.24) is 5.73 Å². The van der Waals surface area contributed by atoms with Crippen molar-refractivity contribution in [2.75, 3.05) is 0 Å². The summed E-state index contributed by atoms with van der Waals surface area (Å²) in [6.07, 6.45) is 0. The molecule has 0 aliphatic carbocycles. The van der Waals surface area contributed by atoms with E-state index in [-0.39, 0.29) is 5.69 Å². The van der Waals surface area contributed by atoms with Crippen molar-refractivity contribution < 1.29 is 4.39 Å². The monoisotopic (exact) mass is 110 g/mol. The first-order valence-electron chi connectivity index (χ1n) is 2.27. The smallest absolute Gasteiger partial charge is 0.148 e. The Morgan fingerprint density at radius 2 is 1.88 bits per heavy atom. The van der Waals surface area contributed by atoms with Gasteiger partial charge in [0.2, 0.25) is 0 Å². The summed E-state index contributed by atoms with van der Waals surface area (Å²) in [6.45, 7) is 0. The van der Waals surface area contributed by atoms with Gasteiger partial charge in [-0.2, -0.15) is 0 Å². The molecule has 41 valence electrons. The van der Waals surface area contributed by atoms with Gasteiger partial charge in [-0.15, -0.1) is 0 Å². The third-order valence-electron chi connectivity index (χ3n) is 0.874. The van der Waals surface area contributed by atoms with Gasteiger partial charge in [-0.05, 0) is 12.1 Å². The van der Waals surface area contributed by atoms with E-state index in [1.807, 2.05) is 0 Å². The number of rotatable bonds is 0. The largest absolute Gasteiger partial charge is 0.298 e. The lowest BCUT2D eigenvalue weighted by Crippen LogP contribution is -1.74. The number of halogens is 1. The van der Waals surface area contributed by atoms with Crippen LogP contribution in [0.25, 0.3) is 0 Å². The molecule has 1 aromatic rings. The highest BCUT2D eigenvalue weighted by molar-refractivity contribution is 5.34. The van der Waals surface area contributed by atoms with Crippen LogP contribution < -0.4 is 5.73 Å². The van der Waals surface area contributed by atoms with Crippen LogP contribution in [0, 0.1) is 5.82 Å². The van der Waals surface area contributed by atoms with Crippen LogP contribution in [0.2, 0.25) is 0 Å². The van der Waals surface area contributed by atoms with Crippen molar-refractivity contribution in [3.05, 3.63) is 30.1 Å². The van der Waals surface area contributed by atoms with Crippen LogP contribution in [0.5, 0.6) is 0 Å². The summed E-state index contributed by atoms with van der Waals surface area (Å²) in [5.41, 5.74) is 6.80. The first kappa shape index (κ1) is 5.09. The average Bonchev–Trinajstić information content (AvgIpc) is 1.77. The van der Waals surface area contributed by atoms with E-state index in [4.69, 9.17) is 5.73 Å². The Morgan fingerprint density at radius 1 is 1.25 bits per heavy atom. The average molecular weight is 110 g/mol. The van der Waals surface area contributed by atoms with E-state index in [2.05, 4.69) is 0 Å². The molecule has 1 aromatic carbocycles. The van der Waals surface area contributed by atoms with Gasteiger partial charge < -0.3 is 0 Å². The molecule has 0 heterocycles. The van der Waals surface area contributed by atoms with E-state index < -0.39 is 5.82 Å². The van der Waals surface area contributed by atoms with Gasteiger partial charge in [-0.3, -0.25) is 5.73 Å². The summed E-state index contributed by atoms with van der Waals surface area (Å²) in [5.74, 6) is -0.465. The molecule has 0 saturated heterocycles. The molecule has 1 rings (SSSR count). The summed E-state index contributed by atoms with van der Waals surface area (Å²) in [4.78, 5) is 0. The number of benzene rings is 1. The maximum Gasteiger partial charge on any atom is 0.148 e. The molecule has 0 bridgehead atoms. The quantitative estimate of drug-likeness (QED) is 0.485. The molecule has 8 heavy (non-hydrogen) atoms. The highest BCUT2D eigenvalue weighted by atomic mass is 19.1. The molecule has 0 fully saturated rings. The lowest BCUT2D eigenvalue weighted by molar-refractivity contribution is 0.629. The molecule has 0 spiro atoms. The van der Waals surface area contributed by atoms with E-state index in [0.717, 1.165) is 0 Å². The Hall–Kier alpha value is -1.05. The summed E-state index contributed by atoms with van der Waals surface area (Å²) in [7, 11) is 0. The Balaban J connectivity index is 3.13. The molecule has 0 atom stereocenters. The molecule has 0 aliphatic rings. The Morgan fingerprint density at radius 3 is 2.25 bits per heavy atom. The highest BCUT2D eigenvalue weighted by Crippen LogP contribution is 2.07. The van der Waals surface area contributed by atoms with E-state index in [9.17, 15) is 4.39 Å². The van der Waals surface area contributed by atoms with Gasteiger partial charge in [0.05, 0.1) is 5.69 Å². The van der Waals surface area contributed by atoms with E-state index >= 15 is 0 Å². The molecule has 0 aromatic heterocycles. The van der Waals surface area contributed by atoms with E-state index in [0.29, 0.717) is 0 Å². The fraction of sp³-hybridized carbons (Fsp3) is 0. The van der Waals surface area contributed by atoms with E-state index in [1.54, 1.807) is 12.1 Å². The second kappa shape index (κ2) is 1.82. The molecule has 0 amide bonds. The first-order chi connectivity index (χ1) is 3.80. The van der Waals surface area contributed by atoms with Gasteiger partial charge in [0.15, 0.2) is 0 Å².